The molecule has 10 nitrogen and oxygen atoms in total. The lowest BCUT2D eigenvalue weighted by Gasteiger charge is -2.35. The van der Waals surface area contributed by atoms with Crippen molar-refractivity contribution in [1.82, 2.24) is 9.80 Å². The van der Waals surface area contributed by atoms with E-state index >= 15 is 0 Å². The molecule has 0 spiro atoms. The molecule has 5 rings (SSSR count). The summed E-state index contributed by atoms with van der Waals surface area (Å²) in [7, 11) is 1.74. The van der Waals surface area contributed by atoms with Gasteiger partial charge in [-0.05, 0) is 74.9 Å². The predicted octanol–water partition coefficient (Wildman–Crippen LogP) is 7.05. The highest BCUT2D eigenvalue weighted by Gasteiger charge is 2.31. The molecule has 264 valence electrons. The van der Waals surface area contributed by atoms with Crippen LogP contribution in [0.1, 0.15) is 60.7 Å². The van der Waals surface area contributed by atoms with Crippen molar-refractivity contribution in [2.24, 2.45) is 5.92 Å². The second-order valence-corrected chi connectivity index (χ2v) is 13.2. The zero-order valence-electron chi connectivity index (χ0n) is 29.3. The summed E-state index contributed by atoms with van der Waals surface area (Å²) in [6.45, 7) is 6.53. The van der Waals surface area contributed by atoms with E-state index in [-0.39, 0.29) is 48.6 Å². The fraction of sp³-hybridized carbons (Fsp3) is 0.375. The third-order valence-electron chi connectivity index (χ3n) is 9.18. The van der Waals surface area contributed by atoms with E-state index in [1.165, 1.54) is 0 Å². The van der Waals surface area contributed by atoms with Gasteiger partial charge >= 0.3 is 6.03 Å². The lowest BCUT2D eigenvalue weighted by Crippen LogP contribution is -2.48. The van der Waals surface area contributed by atoms with E-state index in [0.717, 1.165) is 35.7 Å². The number of amides is 4. The molecule has 4 aromatic rings. The minimum absolute atomic E-state index is 0.184. The first-order chi connectivity index (χ1) is 24.1. The summed E-state index contributed by atoms with van der Waals surface area (Å²) in [6, 6.07) is 26.9. The van der Waals surface area contributed by atoms with Crippen molar-refractivity contribution < 1.29 is 29.0 Å². The van der Waals surface area contributed by atoms with Crippen LogP contribution in [0, 0.1) is 5.92 Å². The average molecular weight is 681 g/mol. The van der Waals surface area contributed by atoms with Gasteiger partial charge in [0.2, 0.25) is 0 Å². The van der Waals surface area contributed by atoms with Gasteiger partial charge in [-0.1, -0.05) is 61.5 Å². The predicted molar refractivity (Wildman–Crippen MR) is 197 cm³/mol. The Morgan fingerprint density at radius 2 is 1.70 bits per heavy atom. The van der Waals surface area contributed by atoms with Gasteiger partial charge in [0.15, 0.2) is 0 Å². The number of carbonyl (C=O) groups is 3. The number of benzene rings is 4. The third-order valence-corrected chi connectivity index (χ3v) is 9.18. The average Bonchev–Trinajstić information content (AvgIpc) is 3.13. The molecule has 0 saturated carbocycles. The minimum Gasteiger partial charge on any atom is -0.490 e. The highest BCUT2D eigenvalue weighted by molar-refractivity contribution is 6.05. The number of fused-ring (bicyclic) bond motifs is 2. The SMILES string of the molecule is C[C@@H]1CN([C@@H](C)CO)C(=O)c2cc(NC(=O)c3ccccc3)ccc2O[C@@H](C)CCCCO[C@@H]1CN(C)C(=O)Nc1cccc2ccccc12. The van der Waals surface area contributed by atoms with E-state index in [4.69, 9.17) is 9.47 Å². The molecule has 1 aliphatic heterocycles. The Morgan fingerprint density at radius 3 is 2.48 bits per heavy atom. The number of aliphatic hydroxyl groups is 1. The van der Waals surface area contributed by atoms with Crippen molar-refractivity contribution >= 4 is 40.0 Å². The maximum Gasteiger partial charge on any atom is 0.321 e. The molecular formula is C40H48N4O6. The monoisotopic (exact) mass is 680 g/mol. The Hall–Kier alpha value is -4.93. The molecule has 0 radical (unpaired) electrons. The van der Waals surface area contributed by atoms with Crippen LogP contribution in [-0.4, -0.2) is 84.4 Å². The van der Waals surface area contributed by atoms with Crippen molar-refractivity contribution in [2.45, 2.75) is 58.3 Å². The first-order valence-electron chi connectivity index (χ1n) is 17.3. The molecular weight excluding hydrogens is 632 g/mol. The molecule has 4 aromatic carbocycles. The van der Waals surface area contributed by atoms with Gasteiger partial charge in [-0.15, -0.1) is 0 Å². The number of hydrogen-bond acceptors (Lipinski definition) is 6. The van der Waals surface area contributed by atoms with Gasteiger partial charge in [0.25, 0.3) is 11.8 Å². The second-order valence-electron chi connectivity index (χ2n) is 13.2. The lowest BCUT2D eigenvalue weighted by molar-refractivity contribution is -0.0115. The number of rotatable bonds is 7. The van der Waals surface area contributed by atoms with Crippen molar-refractivity contribution in [1.29, 1.82) is 0 Å². The zero-order chi connectivity index (χ0) is 35.6. The van der Waals surface area contributed by atoms with E-state index < -0.39 is 12.1 Å². The molecule has 0 aromatic heterocycles. The van der Waals surface area contributed by atoms with Crippen LogP contribution in [0.3, 0.4) is 0 Å². The molecule has 0 saturated heterocycles. The standard InChI is InChI=1S/C40H48N4O6/c1-27-24-44(28(2)26-45)39(47)34-23-32(41-38(46)31-15-6-5-7-16-31)20-21-36(34)50-29(3)13-10-11-22-49-37(27)25-43(4)40(48)42-35-19-12-17-30-14-8-9-18-33(30)35/h5-9,12,14-21,23,27-29,37,45H,10-11,13,22,24-26H2,1-4H3,(H,41,46)(H,42,48)/t27-,28+,29+,37-/m1/s1. The summed E-state index contributed by atoms with van der Waals surface area (Å²) < 4.78 is 12.7. The highest BCUT2D eigenvalue weighted by Crippen LogP contribution is 2.29. The highest BCUT2D eigenvalue weighted by atomic mass is 16.5. The molecule has 1 aliphatic rings. The number of nitrogens with zero attached hydrogens (tertiary/aromatic N) is 2. The number of hydrogen-bond donors (Lipinski definition) is 3. The number of anilines is 2. The van der Waals surface area contributed by atoms with E-state index in [2.05, 4.69) is 10.6 Å². The van der Waals surface area contributed by atoms with Crippen LogP contribution < -0.4 is 15.4 Å². The van der Waals surface area contributed by atoms with Gasteiger partial charge < -0.3 is 35.0 Å². The molecule has 50 heavy (non-hydrogen) atoms. The maximum absolute atomic E-state index is 14.4. The number of urea groups is 1. The normalized spacial score (nSPS) is 19.4. The van der Waals surface area contributed by atoms with Gasteiger partial charge in [-0.25, -0.2) is 4.79 Å². The topological polar surface area (TPSA) is 120 Å². The Bertz CT molecular complexity index is 1760. The minimum atomic E-state index is -0.529. The smallest absolute Gasteiger partial charge is 0.321 e. The molecule has 0 fully saturated rings. The van der Waals surface area contributed by atoms with Gasteiger partial charge in [-0.3, -0.25) is 9.59 Å². The van der Waals surface area contributed by atoms with Crippen LogP contribution in [0.2, 0.25) is 0 Å². The van der Waals surface area contributed by atoms with E-state index in [9.17, 15) is 19.5 Å². The molecule has 1 heterocycles. The van der Waals surface area contributed by atoms with Crippen molar-refractivity contribution in [3.8, 4) is 5.75 Å². The van der Waals surface area contributed by atoms with E-state index in [0.29, 0.717) is 30.2 Å². The first-order valence-corrected chi connectivity index (χ1v) is 17.3. The summed E-state index contributed by atoms with van der Waals surface area (Å²) in [4.78, 5) is 44.1. The number of nitrogens with one attached hydrogen (secondary N) is 2. The van der Waals surface area contributed by atoms with Gasteiger partial charge in [0, 0.05) is 49.3 Å². The van der Waals surface area contributed by atoms with Crippen molar-refractivity contribution in [3.05, 3.63) is 102 Å². The van der Waals surface area contributed by atoms with Crippen LogP contribution in [0.5, 0.6) is 5.75 Å². The molecule has 4 atom stereocenters. The van der Waals surface area contributed by atoms with Gasteiger partial charge in [0.1, 0.15) is 5.75 Å². The molecule has 0 aliphatic carbocycles. The van der Waals surface area contributed by atoms with E-state index in [1.807, 2.05) is 62.4 Å². The Balaban J connectivity index is 1.38. The van der Waals surface area contributed by atoms with Gasteiger partial charge in [0.05, 0.1) is 36.1 Å². The quantitative estimate of drug-likeness (QED) is 0.192. The van der Waals surface area contributed by atoms with Gasteiger partial charge in [-0.2, -0.15) is 0 Å². The molecule has 0 bridgehead atoms. The third kappa shape index (κ3) is 9.19. The molecule has 3 N–H and O–H groups in total. The van der Waals surface area contributed by atoms with Crippen LogP contribution in [0.4, 0.5) is 16.2 Å². The summed E-state index contributed by atoms with van der Waals surface area (Å²) in [5, 5.41) is 18.2. The van der Waals surface area contributed by atoms with Crippen LogP contribution in [0.25, 0.3) is 10.8 Å². The van der Waals surface area contributed by atoms with Crippen molar-refractivity contribution in [3.63, 3.8) is 0 Å². The van der Waals surface area contributed by atoms with Crippen molar-refractivity contribution in [2.75, 3.05) is 44.0 Å². The largest absolute Gasteiger partial charge is 0.490 e. The fourth-order valence-corrected chi connectivity index (χ4v) is 6.15. The summed E-state index contributed by atoms with van der Waals surface area (Å²) >= 11 is 0. The van der Waals surface area contributed by atoms with Crippen LogP contribution >= 0.6 is 0 Å². The van der Waals surface area contributed by atoms with E-state index in [1.54, 1.807) is 66.2 Å². The van der Waals surface area contributed by atoms with Crippen LogP contribution in [-0.2, 0) is 4.74 Å². The molecule has 0 unspecified atom stereocenters. The fourth-order valence-electron chi connectivity index (χ4n) is 6.15. The Kier molecular flexibility index (Phi) is 12.5. The number of aliphatic hydroxyl groups excluding tert-OH is 1. The summed E-state index contributed by atoms with van der Waals surface area (Å²) in [5.41, 5.74) is 1.96. The number of carbonyl (C=O) groups excluding carboxylic acids is 3. The van der Waals surface area contributed by atoms with Crippen LogP contribution in [0.15, 0.2) is 91.0 Å². The molecule has 4 amide bonds. The first kappa shape index (κ1) is 36.4. The summed E-state index contributed by atoms with van der Waals surface area (Å²) in [5.74, 6) is -0.434. The Morgan fingerprint density at radius 1 is 0.960 bits per heavy atom. The Labute approximate surface area is 294 Å². The second kappa shape index (κ2) is 17.1. The number of likely N-dealkylation sites (N-methyl/N-ethyl adjacent to an activating group) is 1. The lowest BCUT2D eigenvalue weighted by atomic mass is 10.0. The maximum atomic E-state index is 14.4. The zero-order valence-corrected chi connectivity index (χ0v) is 29.3. The molecule has 10 heteroatoms. The number of ether oxygens (including phenoxy) is 2. The summed E-state index contributed by atoms with van der Waals surface area (Å²) in [6.07, 6.45) is 1.81.